The van der Waals surface area contributed by atoms with Crippen molar-refractivity contribution in [3.05, 3.63) is 47.9 Å². The Morgan fingerprint density at radius 1 is 1.25 bits per heavy atom. The molecule has 0 unspecified atom stereocenters. The van der Waals surface area contributed by atoms with Crippen LogP contribution in [0.5, 0.6) is 0 Å². The molecule has 0 aliphatic rings. The zero-order valence-corrected chi connectivity index (χ0v) is 13.7. The summed E-state index contributed by atoms with van der Waals surface area (Å²) in [5.74, 6) is -0.944. The molecule has 3 N–H and O–H groups in total. The molecule has 1 heterocycles. The van der Waals surface area contributed by atoms with Gasteiger partial charge in [0.1, 0.15) is 0 Å². The Hall–Kier alpha value is -2.96. The second-order valence-electron chi connectivity index (χ2n) is 5.31. The molecule has 1 aromatic carbocycles. The number of nitrogens with two attached hydrogens (primary N) is 1. The highest BCUT2D eigenvalue weighted by Crippen LogP contribution is 2.26. The lowest BCUT2D eigenvalue weighted by Gasteiger charge is -2.15. The van der Waals surface area contributed by atoms with Crippen molar-refractivity contribution in [3.63, 3.8) is 0 Å². The molecule has 2 aromatic rings. The van der Waals surface area contributed by atoms with Gasteiger partial charge in [0.15, 0.2) is 18.1 Å². The quantitative estimate of drug-likeness (QED) is 0.788. The van der Waals surface area contributed by atoms with Crippen molar-refractivity contribution >= 4 is 23.4 Å². The maximum absolute atomic E-state index is 12.0. The van der Waals surface area contributed by atoms with E-state index in [1.807, 2.05) is 24.3 Å². The summed E-state index contributed by atoms with van der Waals surface area (Å²) in [6, 6.07) is 7.56. The number of ether oxygens (including phenoxy) is 1. The fraction of sp³-hybridized carbons (Fsp3) is 0.294. The first kappa shape index (κ1) is 17.4. The molecule has 0 fully saturated rings. The molecule has 0 saturated heterocycles. The second-order valence-corrected chi connectivity index (χ2v) is 5.31. The largest absolute Gasteiger partial charge is 0.451 e. The molecule has 7 heteroatoms. The Labute approximate surface area is 140 Å². The van der Waals surface area contributed by atoms with Gasteiger partial charge in [0, 0.05) is 18.1 Å². The third kappa shape index (κ3) is 4.28. The van der Waals surface area contributed by atoms with Crippen LogP contribution in [0.4, 0.5) is 11.5 Å². The summed E-state index contributed by atoms with van der Waals surface area (Å²) < 4.78 is 4.94. The monoisotopic (exact) mass is 328 g/mol. The number of nitrogen functional groups attached to an aromatic ring is 1. The normalized spacial score (nSPS) is 11.6. The van der Waals surface area contributed by atoms with Crippen LogP contribution in [0.3, 0.4) is 0 Å². The van der Waals surface area contributed by atoms with Gasteiger partial charge in [-0.1, -0.05) is 32.0 Å². The zero-order chi connectivity index (χ0) is 17.5. The number of nitrogens with zero attached hydrogens (tertiary/aromatic N) is 2. The van der Waals surface area contributed by atoms with Gasteiger partial charge >= 0.3 is 5.97 Å². The Morgan fingerprint density at radius 3 is 2.67 bits per heavy atom. The number of para-hydroxylation sites is 1. The van der Waals surface area contributed by atoms with Crippen LogP contribution in [0, 0.1) is 0 Å². The number of carbonyl (C=O) groups excluding carboxylic acids is 2. The minimum absolute atomic E-state index is 0.0370. The van der Waals surface area contributed by atoms with Gasteiger partial charge in [-0.05, 0) is 24.0 Å². The number of rotatable bonds is 6. The van der Waals surface area contributed by atoms with E-state index in [4.69, 9.17) is 10.5 Å². The molecule has 0 aliphatic heterocycles. The summed E-state index contributed by atoms with van der Waals surface area (Å²) in [5.41, 5.74) is 7.19. The van der Waals surface area contributed by atoms with Crippen molar-refractivity contribution in [2.75, 3.05) is 17.7 Å². The van der Waals surface area contributed by atoms with E-state index in [2.05, 4.69) is 29.1 Å². The van der Waals surface area contributed by atoms with Crippen LogP contribution >= 0.6 is 0 Å². The van der Waals surface area contributed by atoms with Gasteiger partial charge in [-0.2, -0.15) is 0 Å². The van der Waals surface area contributed by atoms with Crippen LogP contribution in [0.25, 0.3) is 0 Å². The van der Waals surface area contributed by atoms with E-state index in [9.17, 15) is 9.59 Å². The highest BCUT2D eigenvalue weighted by Gasteiger charge is 2.16. The molecule has 126 valence electrons. The Morgan fingerprint density at radius 2 is 1.96 bits per heavy atom. The van der Waals surface area contributed by atoms with Crippen molar-refractivity contribution in [3.8, 4) is 0 Å². The molecular formula is C17H20N4O3. The van der Waals surface area contributed by atoms with E-state index < -0.39 is 18.5 Å². The van der Waals surface area contributed by atoms with Crippen LogP contribution in [-0.2, 0) is 9.53 Å². The van der Waals surface area contributed by atoms with Crippen molar-refractivity contribution in [1.82, 2.24) is 9.97 Å². The van der Waals surface area contributed by atoms with Gasteiger partial charge in [-0.3, -0.25) is 4.79 Å². The fourth-order valence-electron chi connectivity index (χ4n) is 2.15. The molecule has 24 heavy (non-hydrogen) atoms. The van der Waals surface area contributed by atoms with Crippen molar-refractivity contribution in [2.45, 2.75) is 26.2 Å². The van der Waals surface area contributed by atoms with E-state index in [0.29, 0.717) is 11.6 Å². The molecule has 2 rings (SSSR count). The van der Waals surface area contributed by atoms with E-state index >= 15 is 0 Å². The Balaban J connectivity index is 1.97. The van der Waals surface area contributed by atoms with E-state index in [1.54, 1.807) is 0 Å². The van der Waals surface area contributed by atoms with Crippen LogP contribution in [-0.4, -0.2) is 28.5 Å². The van der Waals surface area contributed by atoms with Gasteiger partial charge in [0.25, 0.3) is 5.91 Å². The average molecular weight is 328 g/mol. The Kier molecular flexibility index (Phi) is 5.83. The molecule has 0 saturated carbocycles. The number of amides is 1. The number of esters is 1. The first-order chi connectivity index (χ1) is 11.5. The summed E-state index contributed by atoms with van der Waals surface area (Å²) >= 11 is 0. The lowest BCUT2D eigenvalue weighted by Crippen LogP contribution is -2.22. The molecule has 7 nitrogen and oxygen atoms in total. The molecule has 0 spiro atoms. The number of nitrogens with one attached hydrogen (secondary N) is 1. The predicted octanol–water partition coefficient (Wildman–Crippen LogP) is 2.37. The number of hydrogen-bond donors (Lipinski definition) is 2. The zero-order valence-electron chi connectivity index (χ0n) is 13.7. The molecule has 1 aromatic heterocycles. The van der Waals surface area contributed by atoms with Crippen molar-refractivity contribution < 1.29 is 14.3 Å². The lowest BCUT2D eigenvalue weighted by molar-refractivity contribution is -0.119. The summed E-state index contributed by atoms with van der Waals surface area (Å²) in [4.78, 5) is 31.4. The first-order valence-electron chi connectivity index (χ1n) is 7.65. The Bertz CT molecular complexity index is 733. The minimum atomic E-state index is -0.786. The summed E-state index contributed by atoms with van der Waals surface area (Å²) in [6.07, 6.45) is 3.65. The molecule has 0 aliphatic carbocycles. The number of hydrogen-bond acceptors (Lipinski definition) is 6. The number of carbonyl (C=O) groups is 2. The van der Waals surface area contributed by atoms with Crippen LogP contribution in [0.15, 0.2) is 36.7 Å². The van der Waals surface area contributed by atoms with E-state index in [1.165, 1.54) is 12.4 Å². The third-order valence-electron chi connectivity index (χ3n) is 3.63. The van der Waals surface area contributed by atoms with Crippen molar-refractivity contribution in [1.29, 1.82) is 0 Å². The maximum Gasteiger partial charge on any atom is 0.361 e. The highest BCUT2D eigenvalue weighted by atomic mass is 16.5. The molecule has 1 amide bonds. The molecule has 0 radical (unpaired) electrons. The van der Waals surface area contributed by atoms with Gasteiger partial charge in [-0.15, -0.1) is 0 Å². The average Bonchev–Trinajstić information content (AvgIpc) is 2.60. The topological polar surface area (TPSA) is 107 Å². The number of anilines is 2. The highest BCUT2D eigenvalue weighted by molar-refractivity contribution is 5.96. The number of benzene rings is 1. The second kappa shape index (κ2) is 8.05. The third-order valence-corrected chi connectivity index (χ3v) is 3.63. The summed E-state index contributed by atoms with van der Waals surface area (Å²) in [6.45, 7) is 3.74. The minimum Gasteiger partial charge on any atom is -0.451 e. The molecular weight excluding hydrogens is 308 g/mol. The van der Waals surface area contributed by atoms with Crippen molar-refractivity contribution in [2.24, 2.45) is 0 Å². The van der Waals surface area contributed by atoms with Crippen LogP contribution in [0.1, 0.15) is 42.2 Å². The lowest BCUT2D eigenvalue weighted by atomic mass is 9.97. The standard InChI is InChI=1S/C17H20N4O3/c1-3-11(2)12-6-4-5-7-13(12)21-14(22)10-24-17(23)15-16(18)20-9-8-19-15/h4-9,11H,3,10H2,1-2H3,(H2,18,20)(H,21,22)/t11-/m0/s1. The van der Waals surface area contributed by atoms with E-state index in [0.717, 1.165) is 12.0 Å². The maximum atomic E-state index is 12.0. The van der Waals surface area contributed by atoms with Gasteiger partial charge in [0.05, 0.1) is 0 Å². The predicted molar refractivity (Wildman–Crippen MR) is 90.5 cm³/mol. The number of aromatic nitrogens is 2. The fourth-order valence-corrected chi connectivity index (χ4v) is 2.15. The molecule has 1 atom stereocenters. The van der Waals surface area contributed by atoms with Crippen LogP contribution in [0.2, 0.25) is 0 Å². The first-order valence-corrected chi connectivity index (χ1v) is 7.65. The summed E-state index contributed by atoms with van der Waals surface area (Å²) in [7, 11) is 0. The van der Waals surface area contributed by atoms with E-state index in [-0.39, 0.29) is 11.5 Å². The molecule has 0 bridgehead atoms. The van der Waals surface area contributed by atoms with Crippen LogP contribution < -0.4 is 11.1 Å². The van der Waals surface area contributed by atoms with Gasteiger partial charge in [0.2, 0.25) is 0 Å². The smallest absolute Gasteiger partial charge is 0.361 e. The summed E-state index contributed by atoms with van der Waals surface area (Å²) in [5, 5.41) is 2.76. The van der Waals surface area contributed by atoms with Gasteiger partial charge in [-0.25, -0.2) is 14.8 Å². The van der Waals surface area contributed by atoms with Gasteiger partial charge < -0.3 is 15.8 Å². The SMILES string of the molecule is CC[C@H](C)c1ccccc1NC(=O)COC(=O)c1nccnc1N.